The molecule has 106 valence electrons. The minimum atomic E-state index is -0.137. The zero-order valence-corrected chi connectivity index (χ0v) is 12.1. The summed E-state index contributed by atoms with van der Waals surface area (Å²) >= 11 is 0. The number of nitrogens with one attached hydrogen (secondary N) is 1. The average molecular weight is 272 g/mol. The van der Waals surface area contributed by atoms with Crippen LogP contribution in [0, 0.1) is 5.82 Å². The zero-order valence-electron chi connectivity index (χ0n) is 12.1. The van der Waals surface area contributed by atoms with Crippen LogP contribution in [-0.4, -0.2) is 11.5 Å². The number of halogens is 1. The van der Waals surface area contributed by atoms with E-state index in [0.717, 1.165) is 18.5 Å². The number of benzene rings is 1. The van der Waals surface area contributed by atoms with Crippen molar-refractivity contribution in [2.75, 3.05) is 6.54 Å². The largest absolute Gasteiger partial charge is 0.310 e. The summed E-state index contributed by atoms with van der Waals surface area (Å²) in [5.41, 5.74) is 3.18. The van der Waals surface area contributed by atoms with Gasteiger partial charge < -0.3 is 5.32 Å². The highest BCUT2D eigenvalue weighted by molar-refractivity contribution is 5.29. The van der Waals surface area contributed by atoms with Crippen molar-refractivity contribution in [1.82, 2.24) is 10.3 Å². The van der Waals surface area contributed by atoms with E-state index in [-0.39, 0.29) is 11.9 Å². The summed E-state index contributed by atoms with van der Waals surface area (Å²) in [5.74, 6) is -0.137. The molecule has 1 N–H and O–H groups in total. The van der Waals surface area contributed by atoms with E-state index in [0.29, 0.717) is 6.42 Å². The third kappa shape index (κ3) is 3.42. The van der Waals surface area contributed by atoms with Gasteiger partial charge in [0, 0.05) is 18.4 Å². The highest BCUT2D eigenvalue weighted by Gasteiger charge is 2.16. The Labute approximate surface area is 120 Å². The molecule has 0 radical (unpaired) electrons. The first-order valence-corrected chi connectivity index (χ1v) is 7.15. The van der Waals surface area contributed by atoms with E-state index in [2.05, 4.69) is 24.1 Å². The molecule has 3 heteroatoms. The lowest BCUT2D eigenvalue weighted by Gasteiger charge is -2.21. The molecule has 0 saturated heterocycles. The van der Waals surface area contributed by atoms with Crippen molar-refractivity contribution in [3.05, 3.63) is 65.2 Å². The van der Waals surface area contributed by atoms with Gasteiger partial charge in [-0.15, -0.1) is 0 Å². The number of hydrogen-bond acceptors (Lipinski definition) is 2. The minimum Gasteiger partial charge on any atom is -0.310 e. The maximum Gasteiger partial charge on any atom is 0.126 e. The first-order chi connectivity index (χ1) is 9.76. The molecule has 1 heterocycles. The van der Waals surface area contributed by atoms with Gasteiger partial charge in [-0.1, -0.05) is 32.0 Å². The van der Waals surface area contributed by atoms with Crippen LogP contribution in [-0.2, 0) is 12.8 Å². The van der Waals surface area contributed by atoms with Gasteiger partial charge in [-0.05, 0) is 48.2 Å². The molecule has 1 aromatic heterocycles. The normalized spacial score (nSPS) is 12.3. The highest BCUT2D eigenvalue weighted by atomic mass is 19.1. The second-order valence-electron chi connectivity index (χ2n) is 4.83. The molecule has 0 fully saturated rings. The van der Waals surface area contributed by atoms with Gasteiger partial charge in [-0.25, -0.2) is 4.39 Å². The zero-order chi connectivity index (χ0) is 14.4. The third-order valence-corrected chi connectivity index (χ3v) is 3.53. The van der Waals surface area contributed by atoms with E-state index < -0.39 is 0 Å². The second kappa shape index (κ2) is 7.15. The number of aryl methyl sites for hydroxylation is 1. The predicted octanol–water partition coefficient (Wildman–Crippen LogP) is 3.68. The van der Waals surface area contributed by atoms with Crippen molar-refractivity contribution in [2.45, 2.75) is 32.7 Å². The smallest absolute Gasteiger partial charge is 0.126 e. The number of likely N-dealkylation sites (N-methyl/N-ethyl adjacent to an activating group) is 1. The van der Waals surface area contributed by atoms with Crippen molar-refractivity contribution >= 4 is 0 Å². The van der Waals surface area contributed by atoms with Crippen LogP contribution >= 0.6 is 0 Å². The number of aromatic nitrogens is 1. The van der Waals surface area contributed by atoms with Crippen molar-refractivity contribution in [3.8, 4) is 0 Å². The van der Waals surface area contributed by atoms with Crippen LogP contribution in [0.1, 0.15) is 36.6 Å². The lowest BCUT2D eigenvalue weighted by Crippen LogP contribution is -2.24. The Bertz CT molecular complexity index is 554. The molecule has 1 aromatic carbocycles. The minimum absolute atomic E-state index is 0.120. The van der Waals surface area contributed by atoms with Crippen LogP contribution in [0.2, 0.25) is 0 Å². The SMILES string of the molecule is CCNC(Cc1ccccc1F)c1ccncc1CC. The van der Waals surface area contributed by atoms with Crippen molar-refractivity contribution in [1.29, 1.82) is 0 Å². The maximum atomic E-state index is 13.8. The van der Waals surface area contributed by atoms with E-state index in [4.69, 9.17) is 0 Å². The summed E-state index contributed by atoms with van der Waals surface area (Å²) in [4.78, 5) is 4.18. The molecule has 0 aliphatic heterocycles. The summed E-state index contributed by atoms with van der Waals surface area (Å²) in [6, 6.07) is 9.14. The number of pyridine rings is 1. The van der Waals surface area contributed by atoms with Gasteiger partial charge in [0.2, 0.25) is 0 Å². The fourth-order valence-electron chi connectivity index (χ4n) is 2.50. The van der Waals surface area contributed by atoms with Gasteiger partial charge in [0.05, 0.1) is 0 Å². The molecule has 0 amide bonds. The molecule has 0 aliphatic carbocycles. The number of rotatable bonds is 6. The van der Waals surface area contributed by atoms with E-state index in [9.17, 15) is 4.39 Å². The molecule has 0 saturated carbocycles. The fourth-order valence-corrected chi connectivity index (χ4v) is 2.50. The Hall–Kier alpha value is -1.74. The van der Waals surface area contributed by atoms with E-state index in [1.807, 2.05) is 24.4 Å². The van der Waals surface area contributed by atoms with Crippen LogP contribution in [0.3, 0.4) is 0 Å². The first kappa shape index (κ1) is 14.7. The average Bonchev–Trinajstić information content (AvgIpc) is 2.49. The lowest BCUT2D eigenvalue weighted by atomic mass is 9.95. The highest BCUT2D eigenvalue weighted by Crippen LogP contribution is 2.23. The van der Waals surface area contributed by atoms with Gasteiger partial charge in [-0.3, -0.25) is 4.98 Å². The van der Waals surface area contributed by atoms with Crippen LogP contribution in [0.4, 0.5) is 4.39 Å². The van der Waals surface area contributed by atoms with E-state index in [1.54, 1.807) is 12.3 Å². The summed E-state index contributed by atoms with van der Waals surface area (Å²) in [7, 11) is 0. The van der Waals surface area contributed by atoms with E-state index in [1.165, 1.54) is 17.2 Å². The molecular formula is C17H21FN2. The summed E-state index contributed by atoms with van der Waals surface area (Å²) in [5, 5.41) is 3.45. The van der Waals surface area contributed by atoms with E-state index >= 15 is 0 Å². The van der Waals surface area contributed by atoms with Crippen LogP contribution in [0.25, 0.3) is 0 Å². The third-order valence-electron chi connectivity index (χ3n) is 3.53. The molecule has 2 nitrogen and oxygen atoms in total. The summed E-state index contributed by atoms with van der Waals surface area (Å²) in [6.45, 7) is 5.04. The molecule has 0 spiro atoms. The van der Waals surface area contributed by atoms with Crippen molar-refractivity contribution < 1.29 is 4.39 Å². The molecule has 2 rings (SSSR count). The quantitative estimate of drug-likeness (QED) is 0.867. The molecule has 0 aliphatic rings. The Morgan fingerprint density at radius 1 is 1.15 bits per heavy atom. The molecule has 2 aromatic rings. The van der Waals surface area contributed by atoms with Crippen LogP contribution < -0.4 is 5.32 Å². The standard InChI is InChI=1S/C17H21FN2/c1-3-13-12-19-10-9-15(13)17(20-4-2)11-14-7-5-6-8-16(14)18/h5-10,12,17,20H,3-4,11H2,1-2H3. The van der Waals surface area contributed by atoms with Gasteiger partial charge in [0.1, 0.15) is 5.82 Å². The fraction of sp³-hybridized carbons (Fsp3) is 0.353. The lowest BCUT2D eigenvalue weighted by molar-refractivity contribution is 0.524. The Balaban J connectivity index is 2.29. The topological polar surface area (TPSA) is 24.9 Å². The Morgan fingerprint density at radius 2 is 1.95 bits per heavy atom. The molecule has 1 unspecified atom stereocenters. The van der Waals surface area contributed by atoms with Gasteiger partial charge >= 0.3 is 0 Å². The summed E-state index contributed by atoms with van der Waals surface area (Å²) < 4.78 is 13.8. The first-order valence-electron chi connectivity index (χ1n) is 7.15. The number of hydrogen-bond donors (Lipinski definition) is 1. The number of nitrogens with zero attached hydrogens (tertiary/aromatic N) is 1. The van der Waals surface area contributed by atoms with Crippen molar-refractivity contribution in [3.63, 3.8) is 0 Å². The molecular weight excluding hydrogens is 251 g/mol. The molecule has 0 bridgehead atoms. The molecule has 20 heavy (non-hydrogen) atoms. The van der Waals surface area contributed by atoms with Gasteiger partial charge in [0.15, 0.2) is 0 Å². The Kier molecular flexibility index (Phi) is 5.24. The Morgan fingerprint density at radius 3 is 2.65 bits per heavy atom. The predicted molar refractivity (Wildman–Crippen MR) is 80.1 cm³/mol. The van der Waals surface area contributed by atoms with Crippen LogP contribution in [0.5, 0.6) is 0 Å². The van der Waals surface area contributed by atoms with Crippen molar-refractivity contribution in [2.24, 2.45) is 0 Å². The second-order valence-corrected chi connectivity index (χ2v) is 4.83. The molecule has 1 atom stereocenters. The van der Waals surface area contributed by atoms with Gasteiger partial charge in [-0.2, -0.15) is 0 Å². The van der Waals surface area contributed by atoms with Crippen LogP contribution in [0.15, 0.2) is 42.7 Å². The van der Waals surface area contributed by atoms with Gasteiger partial charge in [0.25, 0.3) is 0 Å². The monoisotopic (exact) mass is 272 g/mol. The maximum absolute atomic E-state index is 13.8. The summed E-state index contributed by atoms with van der Waals surface area (Å²) in [6.07, 6.45) is 5.29.